The molecule has 0 saturated heterocycles. The number of hydrogen-bond donors (Lipinski definition) is 2. The molecule has 0 bridgehead atoms. The number of rotatable bonds is 2. The number of alkyl halides is 2. The van der Waals surface area contributed by atoms with Crippen molar-refractivity contribution in [1.82, 2.24) is 10.2 Å². The molecule has 3 nitrogen and oxygen atoms in total. The summed E-state index contributed by atoms with van der Waals surface area (Å²) in [5.41, 5.74) is -0.296. The Morgan fingerprint density at radius 2 is 2.40 bits per heavy atom. The maximum atomic E-state index is 12.4. The maximum absolute atomic E-state index is 12.4. The van der Waals surface area contributed by atoms with Crippen molar-refractivity contribution in [3.05, 3.63) is 18.0 Å². The van der Waals surface area contributed by atoms with Crippen molar-refractivity contribution >= 4 is 0 Å². The van der Waals surface area contributed by atoms with Gasteiger partial charge in [-0.1, -0.05) is 0 Å². The zero-order valence-electron chi connectivity index (χ0n) is 5.01. The van der Waals surface area contributed by atoms with Gasteiger partial charge in [0.1, 0.15) is 6.61 Å². The monoisotopic (exact) mass is 148 g/mol. The van der Waals surface area contributed by atoms with Crippen molar-refractivity contribution in [3.8, 4) is 0 Å². The van der Waals surface area contributed by atoms with Crippen LogP contribution in [0.2, 0.25) is 0 Å². The molecule has 1 aromatic heterocycles. The minimum absolute atomic E-state index is 0.296. The zero-order valence-corrected chi connectivity index (χ0v) is 5.01. The van der Waals surface area contributed by atoms with E-state index in [0.29, 0.717) is 0 Å². The summed E-state index contributed by atoms with van der Waals surface area (Å²) >= 11 is 0. The summed E-state index contributed by atoms with van der Waals surface area (Å²) in [6.45, 7) is -1.19. The lowest BCUT2D eigenvalue weighted by atomic mass is 10.2. The van der Waals surface area contributed by atoms with E-state index in [4.69, 9.17) is 5.11 Å². The minimum atomic E-state index is -3.17. The molecule has 1 aromatic rings. The van der Waals surface area contributed by atoms with Crippen LogP contribution in [0.3, 0.4) is 0 Å². The SMILES string of the molecule is OCC(F)(F)c1cn[nH]c1. The first-order chi connectivity index (χ1) is 4.67. The molecule has 56 valence electrons. The van der Waals surface area contributed by atoms with Crippen LogP contribution in [0.15, 0.2) is 12.4 Å². The average Bonchev–Trinajstić information content (AvgIpc) is 2.38. The first-order valence-corrected chi connectivity index (χ1v) is 2.65. The molecule has 0 unspecified atom stereocenters. The van der Waals surface area contributed by atoms with Crippen LogP contribution in [0.5, 0.6) is 0 Å². The van der Waals surface area contributed by atoms with E-state index < -0.39 is 12.5 Å². The summed E-state index contributed by atoms with van der Waals surface area (Å²) < 4.78 is 24.8. The number of nitrogens with zero attached hydrogens (tertiary/aromatic N) is 1. The van der Waals surface area contributed by atoms with Gasteiger partial charge >= 0.3 is 0 Å². The molecule has 0 radical (unpaired) electrons. The van der Waals surface area contributed by atoms with Crippen LogP contribution in [-0.4, -0.2) is 21.9 Å². The lowest BCUT2D eigenvalue weighted by molar-refractivity contribution is -0.0555. The van der Waals surface area contributed by atoms with Crippen LogP contribution >= 0.6 is 0 Å². The predicted octanol–water partition coefficient (Wildman–Crippen LogP) is 0.494. The van der Waals surface area contributed by atoms with Crippen LogP contribution < -0.4 is 0 Å². The lowest BCUT2D eigenvalue weighted by Crippen LogP contribution is -2.17. The van der Waals surface area contributed by atoms with Crippen molar-refractivity contribution in [1.29, 1.82) is 0 Å². The third kappa shape index (κ3) is 1.13. The van der Waals surface area contributed by atoms with Crippen LogP contribution in [0.4, 0.5) is 8.78 Å². The largest absolute Gasteiger partial charge is 0.390 e. The molecule has 0 aliphatic heterocycles. The molecule has 0 aliphatic carbocycles. The fourth-order valence-electron chi connectivity index (χ4n) is 0.542. The van der Waals surface area contributed by atoms with E-state index in [2.05, 4.69) is 10.2 Å². The van der Waals surface area contributed by atoms with Gasteiger partial charge in [0.2, 0.25) is 0 Å². The summed E-state index contributed by atoms with van der Waals surface area (Å²) in [5, 5.41) is 13.7. The number of hydrogen-bond acceptors (Lipinski definition) is 2. The van der Waals surface area contributed by atoms with Gasteiger partial charge in [-0.3, -0.25) is 5.10 Å². The summed E-state index contributed by atoms with van der Waals surface area (Å²) in [5.74, 6) is -3.17. The zero-order chi connectivity index (χ0) is 7.61. The van der Waals surface area contributed by atoms with E-state index in [0.717, 1.165) is 12.4 Å². The molecule has 0 saturated carbocycles. The van der Waals surface area contributed by atoms with Gasteiger partial charge in [-0.2, -0.15) is 13.9 Å². The second kappa shape index (κ2) is 2.34. The first-order valence-electron chi connectivity index (χ1n) is 2.65. The Kier molecular flexibility index (Phi) is 1.67. The molecule has 5 heteroatoms. The van der Waals surface area contributed by atoms with Crippen LogP contribution in [-0.2, 0) is 5.92 Å². The van der Waals surface area contributed by atoms with Crippen LogP contribution in [0.25, 0.3) is 0 Å². The number of nitrogens with one attached hydrogen (secondary N) is 1. The van der Waals surface area contributed by atoms with Crippen molar-refractivity contribution in [2.75, 3.05) is 6.61 Å². The Bertz CT molecular complexity index is 197. The van der Waals surface area contributed by atoms with Gasteiger partial charge in [-0.15, -0.1) is 0 Å². The third-order valence-corrected chi connectivity index (χ3v) is 1.12. The summed E-state index contributed by atoms with van der Waals surface area (Å²) in [6.07, 6.45) is 2.03. The second-order valence-corrected chi connectivity index (χ2v) is 1.85. The second-order valence-electron chi connectivity index (χ2n) is 1.85. The van der Waals surface area contributed by atoms with Crippen molar-refractivity contribution in [2.45, 2.75) is 5.92 Å². The molecular weight excluding hydrogens is 142 g/mol. The van der Waals surface area contributed by atoms with Gasteiger partial charge < -0.3 is 5.11 Å². The predicted molar refractivity (Wildman–Crippen MR) is 29.6 cm³/mol. The molecule has 1 rings (SSSR count). The normalized spacial score (nSPS) is 11.9. The highest BCUT2D eigenvalue weighted by Gasteiger charge is 2.31. The van der Waals surface area contributed by atoms with E-state index >= 15 is 0 Å². The summed E-state index contributed by atoms with van der Waals surface area (Å²) in [6, 6.07) is 0. The fourth-order valence-corrected chi connectivity index (χ4v) is 0.542. The van der Waals surface area contributed by atoms with Gasteiger partial charge in [0.05, 0.1) is 11.8 Å². The van der Waals surface area contributed by atoms with E-state index in [1.165, 1.54) is 0 Å². The molecule has 0 spiro atoms. The van der Waals surface area contributed by atoms with Gasteiger partial charge in [-0.25, -0.2) is 0 Å². The van der Waals surface area contributed by atoms with E-state index in [-0.39, 0.29) is 5.56 Å². The molecular formula is C5H6F2N2O. The Morgan fingerprint density at radius 3 is 2.80 bits per heavy atom. The molecule has 0 amide bonds. The minimum Gasteiger partial charge on any atom is -0.390 e. The van der Waals surface area contributed by atoms with Gasteiger partial charge in [0.25, 0.3) is 5.92 Å². The van der Waals surface area contributed by atoms with Gasteiger partial charge in [-0.05, 0) is 0 Å². The number of H-pyrrole nitrogens is 1. The molecule has 1 heterocycles. The number of aromatic nitrogens is 2. The molecule has 0 aliphatic rings. The topological polar surface area (TPSA) is 48.9 Å². The standard InChI is InChI=1S/C5H6F2N2O/c6-5(7,3-10)4-1-8-9-2-4/h1-2,10H,3H2,(H,8,9). The quantitative estimate of drug-likeness (QED) is 0.641. The molecule has 10 heavy (non-hydrogen) atoms. The lowest BCUT2D eigenvalue weighted by Gasteiger charge is -2.08. The molecule has 0 aromatic carbocycles. The van der Waals surface area contributed by atoms with Crippen molar-refractivity contribution in [2.24, 2.45) is 0 Å². The average molecular weight is 148 g/mol. The smallest absolute Gasteiger partial charge is 0.298 e. The molecule has 2 N–H and O–H groups in total. The number of aliphatic hydroxyl groups is 1. The summed E-state index contributed by atoms with van der Waals surface area (Å²) in [4.78, 5) is 0. The van der Waals surface area contributed by atoms with Crippen LogP contribution in [0, 0.1) is 0 Å². The van der Waals surface area contributed by atoms with E-state index in [1.54, 1.807) is 0 Å². The van der Waals surface area contributed by atoms with Crippen molar-refractivity contribution < 1.29 is 13.9 Å². The molecule has 0 fully saturated rings. The highest BCUT2D eigenvalue weighted by atomic mass is 19.3. The third-order valence-electron chi connectivity index (χ3n) is 1.12. The highest BCUT2D eigenvalue weighted by Crippen LogP contribution is 2.25. The molecule has 0 atom stereocenters. The number of aromatic amines is 1. The Labute approximate surface area is 55.7 Å². The first kappa shape index (κ1) is 7.14. The Morgan fingerprint density at radius 1 is 1.70 bits per heavy atom. The van der Waals surface area contributed by atoms with Crippen LogP contribution in [0.1, 0.15) is 5.56 Å². The highest BCUT2D eigenvalue weighted by molar-refractivity contribution is 5.10. The maximum Gasteiger partial charge on any atom is 0.298 e. The van der Waals surface area contributed by atoms with Crippen molar-refractivity contribution in [3.63, 3.8) is 0 Å². The summed E-state index contributed by atoms with van der Waals surface area (Å²) in [7, 11) is 0. The van der Waals surface area contributed by atoms with E-state index in [1.807, 2.05) is 0 Å². The van der Waals surface area contributed by atoms with E-state index in [9.17, 15) is 8.78 Å². The van der Waals surface area contributed by atoms with Gasteiger partial charge in [0, 0.05) is 6.20 Å². The Balaban J connectivity index is 2.85. The fraction of sp³-hybridized carbons (Fsp3) is 0.400. The number of aliphatic hydroxyl groups excluding tert-OH is 1. The van der Waals surface area contributed by atoms with Gasteiger partial charge in [0.15, 0.2) is 0 Å². The Hall–Kier alpha value is -0.970. The number of halogens is 2.